The van der Waals surface area contributed by atoms with E-state index in [1.165, 1.54) is 5.56 Å². The highest BCUT2D eigenvalue weighted by atomic mass is 16.2. The number of carbonyl (C=O) groups is 1. The van der Waals surface area contributed by atoms with Crippen LogP contribution in [0.15, 0.2) is 42.7 Å². The predicted molar refractivity (Wildman–Crippen MR) is 90.0 cm³/mol. The molecule has 1 aromatic heterocycles. The zero-order valence-corrected chi connectivity index (χ0v) is 13.8. The van der Waals surface area contributed by atoms with Crippen LogP contribution in [-0.2, 0) is 13.6 Å². The molecule has 1 aromatic carbocycles. The molecule has 0 unspecified atom stereocenters. The normalized spacial score (nSPS) is 21.2. The van der Waals surface area contributed by atoms with Crippen molar-refractivity contribution in [1.82, 2.24) is 19.8 Å². The quantitative estimate of drug-likeness (QED) is 0.947. The third-order valence-corrected chi connectivity index (χ3v) is 4.74. The lowest BCUT2D eigenvalue weighted by molar-refractivity contribution is 0.159. The van der Waals surface area contributed by atoms with Crippen LogP contribution in [0.5, 0.6) is 0 Å². The first-order valence-corrected chi connectivity index (χ1v) is 8.19. The summed E-state index contributed by atoms with van der Waals surface area (Å²) in [6.45, 7) is 4.30. The fourth-order valence-corrected chi connectivity index (χ4v) is 3.36. The molecule has 5 nitrogen and oxygen atoms in total. The van der Waals surface area contributed by atoms with E-state index in [2.05, 4.69) is 41.5 Å². The number of likely N-dealkylation sites (tertiary alicyclic amines) is 1. The van der Waals surface area contributed by atoms with Crippen LogP contribution in [0.2, 0.25) is 0 Å². The molecule has 0 saturated carbocycles. The number of nitrogens with one attached hydrogen (secondary N) is 1. The summed E-state index contributed by atoms with van der Waals surface area (Å²) < 4.78 is 1.92. The molecule has 2 aromatic rings. The van der Waals surface area contributed by atoms with Crippen molar-refractivity contribution in [3.8, 4) is 0 Å². The standard InChI is InChI=1S/C18H24N4O/c1-14-13-22(10-8-16(14)15-6-4-3-5-7-15)18(23)20-12-17-19-9-11-21(17)2/h3-7,9,11,14,16H,8,10,12-13H2,1-2H3,(H,20,23)/t14-,16-/m0/s1. The van der Waals surface area contributed by atoms with Gasteiger partial charge in [0.25, 0.3) is 0 Å². The van der Waals surface area contributed by atoms with Gasteiger partial charge >= 0.3 is 6.03 Å². The van der Waals surface area contributed by atoms with Crippen molar-refractivity contribution >= 4 is 6.03 Å². The van der Waals surface area contributed by atoms with Gasteiger partial charge in [-0.15, -0.1) is 0 Å². The summed E-state index contributed by atoms with van der Waals surface area (Å²) in [4.78, 5) is 18.5. The highest BCUT2D eigenvalue weighted by molar-refractivity contribution is 5.74. The molecule has 1 saturated heterocycles. The highest BCUT2D eigenvalue weighted by Gasteiger charge is 2.29. The van der Waals surface area contributed by atoms with Gasteiger partial charge in [-0.25, -0.2) is 9.78 Å². The van der Waals surface area contributed by atoms with Crippen LogP contribution >= 0.6 is 0 Å². The third-order valence-electron chi connectivity index (χ3n) is 4.74. The van der Waals surface area contributed by atoms with Crippen molar-refractivity contribution in [2.75, 3.05) is 13.1 Å². The Morgan fingerprint density at radius 3 is 2.78 bits per heavy atom. The maximum absolute atomic E-state index is 12.4. The minimum atomic E-state index is 0.00589. The van der Waals surface area contributed by atoms with Crippen LogP contribution in [0.25, 0.3) is 0 Å². The topological polar surface area (TPSA) is 50.2 Å². The number of hydrogen-bond acceptors (Lipinski definition) is 2. The summed E-state index contributed by atoms with van der Waals surface area (Å²) in [7, 11) is 1.93. The number of aryl methyl sites for hydroxylation is 1. The lowest BCUT2D eigenvalue weighted by atomic mass is 9.82. The Morgan fingerprint density at radius 1 is 1.35 bits per heavy atom. The Bertz CT molecular complexity index is 652. The SMILES string of the molecule is C[C@H]1CN(C(=O)NCc2nccn2C)CC[C@@H]1c1ccccc1. The first-order valence-electron chi connectivity index (χ1n) is 8.19. The average Bonchev–Trinajstić information content (AvgIpc) is 2.98. The van der Waals surface area contributed by atoms with Gasteiger partial charge in [0.15, 0.2) is 0 Å². The lowest BCUT2D eigenvalue weighted by Gasteiger charge is -2.37. The molecule has 1 aliphatic heterocycles. The van der Waals surface area contributed by atoms with E-state index in [1.807, 2.05) is 28.8 Å². The fourth-order valence-electron chi connectivity index (χ4n) is 3.36. The predicted octanol–water partition coefficient (Wildman–Crippen LogP) is 2.76. The van der Waals surface area contributed by atoms with Crippen molar-refractivity contribution < 1.29 is 4.79 Å². The van der Waals surface area contributed by atoms with Crippen molar-refractivity contribution in [3.63, 3.8) is 0 Å². The number of piperidine rings is 1. The molecule has 1 fully saturated rings. The minimum absolute atomic E-state index is 0.00589. The molecule has 1 aliphatic rings. The summed E-state index contributed by atoms with van der Waals surface area (Å²) >= 11 is 0. The molecular weight excluding hydrogens is 288 g/mol. The molecule has 2 amide bonds. The summed E-state index contributed by atoms with van der Waals surface area (Å²) in [5, 5.41) is 2.97. The Kier molecular flexibility index (Phi) is 4.65. The van der Waals surface area contributed by atoms with Crippen molar-refractivity contribution in [2.45, 2.75) is 25.8 Å². The van der Waals surface area contributed by atoms with Crippen LogP contribution in [0.3, 0.4) is 0 Å². The van der Waals surface area contributed by atoms with E-state index in [1.54, 1.807) is 6.20 Å². The molecule has 0 spiro atoms. The number of carbonyl (C=O) groups excluding carboxylic acids is 1. The Balaban J connectivity index is 1.55. The van der Waals surface area contributed by atoms with Gasteiger partial charge in [-0.1, -0.05) is 37.3 Å². The van der Waals surface area contributed by atoms with Gasteiger partial charge in [0.05, 0.1) is 6.54 Å². The first kappa shape index (κ1) is 15.6. The smallest absolute Gasteiger partial charge is 0.317 e. The average molecular weight is 312 g/mol. The van der Waals surface area contributed by atoms with Gasteiger partial charge in [0.1, 0.15) is 5.82 Å². The number of urea groups is 1. The second-order valence-electron chi connectivity index (χ2n) is 6.34. The number of benzene rings is 1. The lowest BCUT2D eigenvalue weighted by Crippen LogP contribution is -2.46. The first-order chi connectivity index (χ1) is 11.1. The Labute approximate surface area is 137 Å². The minimum Gasteiger partial charge on any atom is -0.337 e. The van der Waals surface area contributed by atoms with Crippen LogP contribution in [0.4, 0.5) is 4.79 Å². The van der Waals surface area contributed by atoms with E-state index in [-0.39, 0.29) is 6.03 Å². The number of nitrogens with zero attached hydrogens (tertiary/aromatic N) is 3. The summed E-state index contributed by atoms with van der Waals surface area (Å²) in [6, 6.07) is 10.6. The van der Waals surface area contributed by atoms with Gasteiger partial charge in [0, 0.05) is 32.5 Å². The van der Waals surface area contributed by atoms with Gasteiger partial charge in [-0.05, 0) is 23.8 Å². The van der Waals surface area contributed by atoms with E-state index in [0.717, 1.165) is 25.3 Å². The monoisotopic (exact) mass is 312 g/mol. The molecule has 0 radical (unpaired) electrons. The summed E-state index contributed by atoms with van der Waals surface area (Å²) in [6.07, 6.45) is 4.64. The Morgan fingerprint density at radius 2 is 2.13 bits per heavy atom. The van der Waals surface area contributed by atoms with E-state index in [0.29, 0.717) is 18.4 Å². The molecule has 3 rings (SSSR count). The highest BCUT2D eigenvalue weighted by Crippen LogP contribution is 2.32. The molecule has 0 aliphatic carbocycles. The fraction of sp³-hybridized carbons (Fsp3) is 0.444. The second kappa shape index (κ2) is 6.86. The maximum Gasteiger partial charge on any atom is 0.317 e. The number of rotatable bonds is 3. The van der Waals surface area contributed by atoms with Crippen LogP contribution in [0, 0.1) is 5.92 Å². The molecular formula is C18H24N4O. The van der Waals surface area contributed by atoms with E-state index >= 15 is 0 Å². The molecule has 1 N–H and O–H groups in total. The van der Waals surface area contributed by atoms with Crippen molar-refractivity contribution in [1.29, 1.82) is 0 Å². The zero-order chi connectivity index (χ0) is 16.2. The molecule has 23 heavy (non-hydrogen) atoms. The number of hydrogen-bond donors (Lipinski definition) is 1. The van der Waals surface area contributed by atoms with Crippen molar-refractivity contribution in [3.05, 3.63) is 54.1 Å². The molecule has 5 heteroatoms. The van der Waals surface area contributed by atoms with Crippen LogP contribution < -0.4 is 5.32 Å². The van der Waals surface area contributed by atoms with Gasteiger partial charge in [-0.2, -0.15) is 0 Å². The second-order valence-corrected chi connectivity index (χ2v) is 6.34. The molecule has 2 atom stereocenters. The third kappa shape index (κ3) is 3.55. The summed E-state index contributed by atoms with van der Waals surface area (Å²) in [5.74, 6) is 1.87. The number of imidazole rings is 1. The summed E-state index contributed by atoms with van der Waals surface area (Å²) in [5.41, 5.74) is 1.38. The van der Waals surface area contributed by atoms with Crippen molar-refractivity contribution in [2.24, 2.45) is 13.0 Å². The van der Waals surface area contributed by atoms with E-state index in [9.17, 15) is 4.79 Å². The molecule has 0 bridgehead atoms. The van der Waals surface area contributed by atoms with Crippen LogP contribution in [0.1, 0.15) is 30.7 Å². The van der Waals surface area contributed by atoms with Gasteiger partial charge < -0.3 is 14.8 Å². The maximum atomic E-state index is 12.4. The van der Waals surface area contributed by atoms with E-state index < -0.39 is 0 Å². The largest absolute Gasteiger partial charge is 0.337 e. The van der Waals surface area contributed by atoms with E-state index in [4.69, 9.17) is 0 Å². The van der Waals surface area contributed by atoms with Gasteiger partial charge in [0.2, 0.25) is 0 Å². The molecule has 122 valence electrons. The molecule has 2 heterocycles. The van der Waals surface area contributed by atoms with Gasteiger partial charge in [-0.3, -0.25) is 0 Å². The van der Waals surface area contributed by atoms with Crippen LogP contribution in [-0.4, -0.2) is 33.6 Å². The zero-order valence-electron chi connectivity index (χ0n) is 13.8. The number of amides is 2. The number of aromatic nitrogens is 2. The Hall–Kier alpha value is -2.30.